The van der Waals surface area contributed by atoms with E-state index in [1.54, 1.807) is 51.3 Å². The lowest BCUT2D eigenvalue weighted by Crippen LogP contribution is -2.43. The number of unbranched alkanes of at least 4 members (excludes halogenated alkanes) is 8. The Morgan fingerprint density at radius 2 is 0.480 bits per heavy atom. The zero-order valence-corrected chi connectivity index (χ0v) is 48.6. The summed E-state index contributed by atoms with van der Waals surface area (Å²) in [4.78, 5) is 111. The second-order valence-corrected chi connectivity index (χ2v) is 23.5. The number of nitrogens with zero attached hydrogens (tertiary/aromatic N) is 4. The molecule has 1 fully saturated rings. The smallest absolute Gasteiger partial charge is 0.407 e. The van der Waals surface area contributed by atoms with Crippen molar-refractivity contribution in [2.45, 2.75) is 227 Å². The lowest BCUT2D eigenvalue weighted by atomic mass is 10.1. The zero-order chi connectivity index (χ0) is 56.5. The SMILES string of the molecule is CC(C)(C)OC(=O)NCCCCCC(=O)N1CCCN(C(=O)CCCCCNC(=O)OC(C)(C)C)CCCN(C(=O)CCCCCNC(=O)OC(C)(C)C)CCN(C(=O)CCCCCNC(=O)OC(C)(C)C)CCC1. The predicted octanol–water partition coefficient (Wildman–Crippen LogP) is 8.83. The maximum atomic E-state index is 14.0. The number of carbonyl (C=O) groups is 8. The maximum absolute atomic E-state index is 14.0. The van der Waals surface area contributed by atoms with Gasteiger partial charge in [-0.15, -0.1) is 0 Å². The predicted molar refractivity (Wildman–Crippen MR) is 291 cm³/mol. The summed E-state index contributed by atoms with van der Waals surface area (Å²) in [5.74, 6) is -0.0979. The Morgan fingerprint density at radius 1 is 0.293 bits per heavy atom. The summed E-state index contributed by atoms with van der Waals surface area (Å²) < 4.78 is 21.3. The summed E-state index contributed by atoms with van der Waals surface area (Å²) in [5, 5.41) is 11.1. The summed E-state index contributed by atoms with van der Waals surface area (Å²) in [6.45, 7) is 26.5. The molecular formula is C55H102N8O12. The molecule has 20 heteroatoms. The first-order chi connectivity index (χ1) is 35.0. The summed E-state index contributed by atoms with van der Waals surface area (Å²) in [6.07, 6.45) is 9.02. The summed E-state index contributed by atoms with van der Waals surface area (Å²) in [7, 11) is 0. The third-order valence-corrected chi connectivity index (χ3v) is 11.6. The summed E-state index contributed by atoms with van der Waals surface area (Å²) >= 11 is 0. The van der Waals surface area contributed by atoms with Crippen LogP contribution in [0.2, 0.25) is 0 Å². The van der Waals surface area contributed by atoms with Gasteiger partial charge >= 0.3 is 24.4 Å². The topological polar surface area (TPSA) is 235 Å². The monoisotopic (exact) mass is 1070 g/mol. The molecule has 1 heterocycles. The lowest BCUT2D eigenvalue weighted by Gasteiger charge is -2.29. The highest BCUT2D eigenvalue weighted by Gasteiger charge is 2.24. The number of amides is 8. The van der Waals surface area contributed by atoms with Gasteiger partial charge in [-0.2, -0.15) is 0 Å². The average Bonchev–Trinajstić information content (AvgIpc) is 3.27. The molecule has 8 amide bonds. The largest absolute Gasteiger partial charge is 0.444 e. The molecule has 0 aromatic rings. The summed E-state index contributed by atoms with van der Waals surface area (Å²) in [6, 6.07) is 0. The molecule has 1 saturated heterocycles. The Labute approximate surface area is 450 Å². The van der Waals surface area contributed by atoms with Crippen LogP contribution in [-0.4, -0.2) is 169 Å². The van der Waals surface area contributed by atoms with Crippen LogP contribution in [-0.2, 0) is 38.1 Å². The molecule has 4 N–H and O–H groups in total. The van der Waals surface area contributed by atoms with E-state index in [-0.39, 0.29) is 23.6 Å². The van der Waals surface area contributed by atoms with Gasteiger partial charge in [-0.25, -0.2) is 19.2 Å². The Morgan fingerprint density at radius 3 is 0.667 bits per heavy atom. The third kappa shape index (κ3) is 38.2. The van der Waals surface area contributed by atoms with Crippen molar-refractivity contribution in [3.8, 4) is 0 Å². The van der Waals surface area contributed by atoms with E-state index in [0.29, 0.717) is 188 Å². The van der Waals surface area contributed by atoms with Crippen LogP contribution in [0.3, 0.4) is 0 Å². The molecule has 0 unspecified atom stereocenters. The molecule has 0 radical (unpaired) electrons. The molecular weight excluding hydrogens is 965 g/mol. The van der Waals surface area contributed by atoms with E-state index in [0.717, 1.165) is 12.8 Å². The Balaban J connectivity index is 3.20. The van der Waals surface area contributed by atoms with Crippen molar-refractivity contribution in [2.24, 2.45) is 0 Å². The van der Waals surface area contributed by atoms with Crippen molar-refractivity contribution in [2.75, 3.05) is 78.5 Å². The third-order valence-electron chi connectivity index (χ3n) is 11.6. The van der Waals surface area contributed by atoms with Gasteiger partial charge in [-0.1, -0.05) is 25.7 Å². The molecule has 75 heavy (non-hydrogen) atoms. The number of alkyl carbamates (subject to hydrolysis) is 4. The zero-order valence-electron chi connectivity index (χ0n) is 48.6. The molecule has 0 aromatic heterocycles. The van der Waals surface area contributed by atoms with Gasteiger partial charge in [0.25, 0.3) is 0 Å². The molecule has 0 aromatic carbocycles. The Bertz CT molecular complexity index is 1600. The quantitative estimate of drug-likeness (QED) is 0.0524. The first-order valence-electron chi connectivity index (χ1n) is 28.0. The van der Waals surface area contributed by atoms with Crippen LogP contribution < -0.4 is 21.3 Å². The number of rotatable bonds is 24. The van der Waals surface area contributed by atoms with Crippen molar-refractivity contribution in [1.82, 2.24) is 40.9 Å². The van der Waals surface area contributed by atoms with E-state index in [2.05, 4.69) is 21.3 Å². The molecule has 0 spiro atoms. The lowest BCUT2D eigenvalue weighted by molar-refractivity contribution is -0.136. The van der Waals surface area contributed by atoms with E-state index >= 15 is 0 Å². The van der Waals surface area contributed by atoms with Gasteiger partial charge in [0.05, 0.1) is 0 Å². The Hall–Kier alpha value is -5.04. The maximum Gasteiger partial charge on any atom is 0.407 e. The number of carbonyl (C=O) groups excluding carboxylic acids is 8. The van der Waals surface area contributed by atoms with Crippen molar-refractivity contribution in [1.29, 1.82) is 0 Å². The van der Waals surface area contributed by atoms with E-state index in [1.165, 1.54) is 0 Å². The minimum atomic E-state index is -0.599. The number of ether oxygens (including phenoxy) is 4. The van der Waals surface area contributed by atoms with E-state index in [9.17, 15) is 38.4 Å². The van der Waals surface area contributed by atoms with Gasteiger partial charge in [-0.3, -0.25) is 19.2 Å². The number of hydrogen-bond acceptors (Lipinski definition) is 12. The van der Waals surface area contributed by atoms with Crippen LogP contribution in [0.15, 0.2) is 0 Å². The van der Waals surface area contributed by atoms with Gasteiger partial charge in [-0.05, 0) is 154 Å². The van der Waals surface area contributed by atoms with Crippen LogP contribution in [0.1, 0.15) is 205 Å². The number of hydrogen-bond donors (Lipinski definition) is 4. The highest BCUT2D eigenvalue weighted by molar-refractivity contribution is 5.78. The fraction of sp³-hybridized carbons (Fsp3) is 0.855. The van der Waals surface area contributed by atoms with Crippen LogP contribution >= 0.6 is 0 Å². The highest BCUT2D eigenvalue weighted by Crippen LogP contribution is 2.15. The summed E-state index contributed by atoms with van der Waals surface area (Å²) in [5.41, 5.74) is -2.39. The van der Waals surface area contributed by atoms with Gasteiger partial charge in [0.15, 0.2) is 0 Å². The van der Waals surface area contributed by atoms with E-state index in [4.69, 9.17) is 18.9 Å². The van der Waals surface area contributed by atoms with Crippen molar-refractivity contribution < 1.29 is 57.3 Å². The van der Waals surface area contributed by atoms with Crippen molar-refractivity contribution >= 4 is 48.0 Å². The van der Waals surface area contributed by atoms with Gasteiger partial charge < -0.3 is 59.8 Å². The fourth-order valence-corrected chi connectivity index (χ4v) is 8.01. The molecule has 0 atom stereocenters. The minimum Gasteiger partial charge on any atom is -0.444 e. The van der Waals surface area contributed by atoms with Gasteiger partial charge in [0.2, 0.25) is 23.6 Å². The number of nitrogens with one attached hydrogen (secondary N) is 4. The molecule has 0 bridgehead atoms. The van der Waals surface area contributed by atoms with Crippen molar-refractivity contribution in [3.05, 3.63) is 0 Å². The molecule has 1 aliphatic heterocycles. The Kier molecular flexibility index (Phi) is 32.7. The molecule has 0 saturated carbocycles. The van der Waals surface area contributed by atoms with Crippen molar-refractivity contribution in [3.63, 3.8) is 0 Å². The first kappa shape index (κ1) is 68.0. The van der Waals surface area contributed by atoms with Crippen LogP contribution in [0.25, 0.3) is 0 Å². The van der Waals surface area contributed by atoms with Crippen LogP contribution in [0.4, 0.5) is 19.2 Å². The van der Waals surface area contributed by atoms with Crippen LogP contribution in [0.5, 0.6) is 0 Å². The van der Waals surface area contributed by atoms with E-state index in [1.807, 2.05) is 51.3 Å². The molecule has 1 rings (SSSR count). The first-order valence-corrected chi connectivity index (χ1v) is 28.0. The normalized spacial score (nSPS) is 14.7. The minimum absolute atomic E-state index is 0.00690. The second kappa shape index (κ2) is 36.1. The molecule has 0 aliphatic carbocycles. The van der Waals surface area contributed by atoms with Crippen LogP contribution in [0, 0.1) is 0 Å². The van der Waals surface area contributed by atoms with Gasteiger partial charge in [0.1, 0.15) is 22.4 Å². The fourth-order valence-electron chi connectivity index (χ4n) is 8.01. The average molecular weight is 1070 g/mol. The van der Waals surface area contributed by atoms with E-state index < -0.39 is 46.8 Å². The molecule has 434 valence electrons. The van der Waals surface area contributed by atoms with Gasteiger partial charge in [0, 0.05) is 104 Å². The second-order valence-electron chi connectivity index (χ2n) is 23.5. The molecule has 1 aliphatic rings. The standard InChI is InChI=1S/C55H102N8O12/c1-52(2,3)72-48(68)56-32-21-13-17-28-44(64)60-36-25-37-61(45(65)29-18-14-22-33-57-49(69)73-53(4,5)6)39-27-41-63(47(67)31-20-16-24-35-59-51(71)75-55(10,11)12)43-42-62(40-26-38-60)46(66)30-19-15-23-34-58-50(70)74-54(7,8)9/h13-43H2,1-12H3,(H,56,68)(H,57,69)(H,58,70)(H,59,71). The molecule has 20 nitrogen and oxygen atoms in total. The highest BCUT2D eigenvalue weighted by atomic mass is 16.6.